The van der Waals surface area contributed by atoms with Crippen LogP contribution in [0.5, 0.6) is 0 Å². The van der Waals surface area contributed by atoms with Crippen LogP contribution in [0.25, 0.3) is 0 Å². The molecule has 112 valence electrons. The maximum absolute atomic E-state index is 12.9. The Kier molecular flexibility index (Phi) is 3.53. The van der Waals surface area contributed by atoms with E-state index in [9.17, 15) is 4.79 Å². The Morgan fingerprint density at radius 3 is 2.81 bits per heavy atom. The fourth-order valence-electron chi connectivity index (χ4n) is 3.06. The second-order valence-electron chi connectivity index (χ2n) is 5.75. The number of likely N-dealkylation sites (tertiary alicyclic amines) is 1. The summed E-state index contributed by atoms with van der Waals surface area (Å²) in [5.74, 6) is 1.59. The van der Waals surface area contributed by atoms with Crippen molar-refractivity contribution >= 4 is 5.91 Å². The molecule has 1 atom stereocenters. The highest BCUT2D eigenvalue weighted by Gasteiger charge is 2.32. The van der Waals surface area contributed by atoms with Crippen LogP contribution in [0.2, 0.25) is 0 Å². The lowest BCUT2D eigenvalue weighted by atomic mass is 10.0. The van der Waals surface area contributed by atoms with Crippen molar-refractivity contribution in [2.45, 2.75) is 39.2 Å². The Bertz CT molecular complexity index is 637. The molecule has 21 heavy (non-hydrogen) atoms. The van der Waals surface area contributed by atoms with Gasteiger partial charge in [-0.2, -0.15) is 5.10 Å². The fourth-order valence-corrected chi connectivity index (χ4v) is 3.06. The maximum atomic E-state index is 12.9. The van der Waals surface area contributed by atoms with Crippen LogP contribution < -0.4 is 0 Å². The van der Waals surface area contributed by atoms with Crippen molar-refractivity contribution < 1.29 is 4.79 Å². The first-order chi connectivity index (χ1) is 10.1. The van der Waals surface area contributed by atoms with Crippen molar-refractivity contribution in [2.24, 2.45) is 7.05 Å². The van der Waals surface area contributed by atoms with Gasteiger partial charge in [-0.1, -0.05) is 0 Å². The fraction of sp³-hybridized carbons (Fsp3) is 0.533. The van der Waals surface area contributed by atoms with Gasteiger partial charge in [0, 0.05) is 19.8 Å². The van der Waals surface area contributed by atoms with Gasteiger partial charge >= 0.3 is 0 Å². The van der Waals surface area contributed by atoms with Crippen molar-refractivity contribution in [3.8, 4) is 0 Å². The zero-order valence-electron chi connectivity index (χ0n) is 12.8. The first-order valence-corrected chi connectivity index (χ1v) is 7.39. The third-order valence-electron chi connectivity index (χ3n) is 4.15. The highest BCUT2D eigenvalue weighted by molar-refractivity contribution is 5.94. The predicted octanol–water partition coefficient (Wildman–Crippen LogP) is 2.13. The minimum atomic E-state index is -0.0227. The van der Waals surface area contributed by atoms with Crippen LogP contribution in [-0.4, -0.2) is 37.1 Å². The molecule has 3 rings (SSSR count). The minimum Gasteiger partial charge on any atom is -0.346 e. The molecular weight excluding hydrogens is 266 g/mol. The van der Waals surface area contributed by atoms with Crippen LogP contribution in [-0.2, 0) is 7.05 Å². The van der Waals surface area contributed by atoms with E-state index < -0.39 is 0 Å². The smallest absolute Gasteiger partial charge is 0.271 e. The third kappa shape index (κ3) is 2.46. The van der Waals surface area contributed by atoms with E-state index in [2.05, 4.69) is 15.2 Å². The number of carbonyl (C=O) groups is 1. The maximum Gasteiger partial charge on any atom is 0.271 e. The average molecular weight is 287 g/mol. The first-order valence-electron chi connectivity index (χ1n) is 7.39. The molecule has 6 nitrogen and oxygen atoms in total. The largest absolute Gasteiger partial charge is 0.346 e. The van der Waals surface area contributed by atoms with Gasteiger partial charge < -0.3 is 9.47 Å². The van der Waals surface area contributed by atoms with E-state index >= 15 is 0 Å². The van der Waals surface area contributed by atoms with Crippen molar-refractivity contribution in [1.82, 2.24) is 24.6 Å². The molecular formula is C15H21N5O. The Hall–Kier alpha value is -2.11. The second kappa shape index (κ2) is 5.35. The number of rotatable bonds is 2. The van der Waals surface area contributed by atoms with Crippen molar-refractivity contribution in [2.75, 3.05) is 6.54 Å². The number of nitrogens with zero attached hydrogens (tertiary/aromatic N) is 4. The van der Waals surface area contributed by atoms with Crippen LogP contribution in [0.3, 0.4) is 0 Å². The molecule has 1 saturated heterocycles. The number of aromatic nitrogens is 4. The highest BCUT2D eigenvalue weighted by atomic mass is 16.2. The number of aryl methyl sites for hydroxylation is 3. The van der Waals surface area contributed by atoms with Crippen molar-refractivity contribution in [3.63, 3.8) is 0 Å². The molecule has 0 radical (unpaired) electrons. The molecule has 2 aromatic rings. The summed E-state index contributed by atoms with van der Waals surface area (Å²) in [6, 6.07) is 1.95. The van der Waals surface area contributed by atoms with Crippen LogP contribution in [0.4, 0.5) is 0 Å². The van der Waals surface area contributed by atoms with Crippen LogP contribution in [0.1, 0.15) is 53.0 Å². The standard InChI is InChI=1S/C15H21N5O/c1-10-7-9-19(3)13(10)15(21)20-8-5-4-6-12(20)14-16-11(2)17-18-14/h7,9,12H,4-6,8H2,1-3H3,(H,16,17,18)/t12-/m0/s1. The Balaban J connectivity index is 1.93. The molecule has 0 spiro atoms. The van der Waals surface area contributed by atoms with Gasteiger partial charge in [0.2, 0.25) is 0 Å². The minimum absolute atomic E-state index is 0.0227. The van der Waals surface area contributed by atoms with Gasteiger partial charge in [-0.05, 0) is 44.7 Å². The molecule has 6 heteroatoms. The van der Waals surface area contributed by atoms with E-state index in [0.717, 1.165) is 48.7 Å². The topological polar surface area (TPSA) is 66.8 Å². The number of amides is 1. The summed E-state index contributed by atoms with van der Waals surface area (Å²) in [4.78, 5) is 19.3. The number of nitrogens with one attached hydrogen (secondary N) is 1. The van der Waals surface area contributed by atoms with Gasteiger partial charge in [-0.15, -0.1) is 0 Å². The van der Waals surface area contributed by atoms with Crippen LogP contribution >= 0.6 is 0 Å². The zero-order chi connectivity index (χ0) is 15.0. The number of H-pyrrole nitrogens is 1. The van der Waals surface area contributed by atoms with Gasteiger partial charge in [0.15, 0.2) is 5.82 Å². The summed E-state index contributed by atoms with van der Waals surface area (Å²) in [7, 11) is 1.91. The molecule has 1 aliphatic heterocycles. The van der Waals surface area contributed by atoms with Crippen molar-refractivity contribution in [3.05, 3.63) is 35.2 Å². The summed E-state index contributed by atoms with van der Waals surface area (Å²) in [6.07, 6.45) is 4.99. The van der Waals surface area contributed by atoms with E-state index in [1.54, 1.807) is 0 Å². The molecule has 0 unspecified atom stereocenters. The monoisotopic (exact) mass is 287 g/mol. The summed E-state index contributed by atoms with van der Waals surface area (Å²) in [5, 5.41) is 7.14. The van der Waals surface area contributed by atoms with Crippen molar-refractivity contribution in [1.29, 1.82) is 0 Å². The van der Waals surface area contributed by atoms with Gasteiger partial charge in [0.1, 0.15) is 11.5 Å². The van der Waals surface area contributed by atoms with Crippen LogP contribution in [0, 0.1) is 13.8 Å². The van der Waals surface area contributed by atoms with E-state index in [-0.39, 0.29) is 11.9 Å². The average Bonchev–Trinajstić information content (AvgIpc) is 3.05. The molecule has 0 saturated carbocycles. The summed E-state index contributed by atoms with van der Waals surface area (Å²) < 4.78 is 1.90. The molecule has 0 aliphatic carbocycles. The Labute approximate surface area is 124 Å². The van der Waals surface area contributed by atoms with Gasteiger partial charge in [-0.25, -0.2) is 4.98 Å². The lowest BCUT2D eigenvalue weighted by molar-refractivity contribution is 0.0589. The highest BCUT2D eigenvalue weighted by Crippen LogP contribution is 2.30. The first kappa shape index (κ1) is 13.9. The lowest BCUT2D eigenvalue weighted by Gasteiger charge is -2.34. The molecule has 3 heterocycles. The molecule has 1 amide bonds. The Morgan fingerprint density at radius 1 is 1.38 bits per heavy atom. The normalized spacial score (nSPS) is 19.0. The second-order valence-corrected chi connectivity index (χ2v) is 5.75. The summed E-state index contributed by atoms with van der Waals surface area (Å²) in [6.45, 7) is 4.62. The number of carbonyl (C=O) groups excluding carboxylic acids is 1. The molecule has 2 aromatic heterocycles. The number of piperidine rings is 1. The van der Waals surface area contributed by atoms with Crippen LogP contribution in [0.15, 0.2) is 12.3 Å². The number of hydrogen-bond donors (Lipinski definition) is 1. The SMILES string of the molecule is Cc1nc([C@@H]2CCCCN2C(=O)c2c(C)ccn2C)n[nH]1. The van der Waals surface area contributed by atoms with Gasteiger partial charge in [0.25, 0.3) is 5.91 Å². The summed E-state index contributed by atoms with van der Waals surface area (Å²) in [5.41, 5.74) is 1.77. The number of aromatic amines is 1. The zero-order valence-corrected chi connectivity index (χ0v) is 12.8. The molecule has 0 aromatic carbocycles. The van der Waals surface area contributed by atoms with E-state index in [0.29, 0.717) is 0 Å². The predicted molar refractivity (Wildman–Crippen MR) is 78.9 cm³/mol. The molecule has 1 aliphatic rings. The summed E-state index contributed by atoms with van der Waals surface area (Å²) >= 11 is 0. The molecule has 0 bridgehead atoms. The Morgan fingerprint density at radius 2 is 2.19 bits per heavy atom. The van der Waals surface area contributed by atoms with E-state index in [1.165, 1.54) is 0 Å². The van der Waals surface area contributed by atoms with E-state index in [4.69, 9.17) is 0 Å². The molecule has 1 N–H and O–H groups in total. The quantitative estimate of drug-likeness (QED) is 0.920. The third-order valence-corrected chi connectivity index (χ3v) is 4.15. The van der Waals surface area contributed by atoms with Gasteiger partial charge in [-0.3, -0.25) is 9.89 Å². The van der Waals surface area contributed by atoms with E-state index in [1.807, 2.05) is 42.6 Å². The van der Waals surface area contributed by atoms with Gasteiger partial charge in [0.05, 0.1) is 6.04 Å². The molecule has 1 fully saturated rings. The number of hydrogen-bond acceptors (Lipinski definition) is 3. The lowest BCUT2D eigenvalue weighted by Crippen LogP contribution is -2.40.